The maximum Gasteiger partial charge on any atom is 0.159 e. The van der Waals surface area contributed by atoms with Crippen LogP contribution in [0.3, 0.4) is 0 Å². The number of hydrogen-bond acceptors (Lipinski definition) is 6. The molecular weight excluding hydrogens is 367 g/mol. The van der Waals surface area contributed by atoms with Gasteiger partial charge in [-0.25, -0.2) is 14.4 Å². The number of nitrogens with one attached hydrogen (secondary N) is 1. The van der Waals surface area contributed by atoms with E-state index in [0.29, 0.717) is 11.5 Å². The molecular formula is C22H25FN6. The van der Waals surface area contributed by atoms with E-state index in [4.69, 9.17) is 5.73 Å². The summed E-state index contributed by atoms with van der Waals surface area (Å²) in [5.41, 5.74) is 11.4. The molecule has 1 saturated heterocycles. The molecule has 0 radical (unpaired) electrons. The summed E-state index contributed by atoms with van der Waals surface area (Å²) < 4.78 is 13.2. The third kappa shape index (κ3) is 4.08. The summed E-state index contributed by atoms with van der Waals surface area (Å²) in [4.78, 5) is 13.2. The van der Waals surface area contributed by atoms with Gasteiger partial charge in [0.25, 0.3) is 0 Å². The predicted molar refractivity (Wildman–Crippen MR) is 116 cm³/mol. The van der Waals surface area contributed by atoms with Gasteiger partial charge in [-0.1, -0.05) is 6.07 Å². The topological polar surface area (TPSA) is 70.3 Å². The lowest BCUT2D eigenvalue weighted by atomic mass is 10.1. The minimum absolute atomic E-state index is 0.218. The van der Waals surface area contributed by atoms with E-state index < -0.39 is 0 Å². The highest BCUT2D eigenvalue weighted by Gasteiger charge is 2.21. The molecule has 0 spiro atoms. The van der Waals surface area contributed by atoms with Gasteiger partial charge in [-0.15, -0.1) is 0 Å². The highest BCUT2D eigenvalue weighted by Crippen LogP contribution is 2.30. The first-order valence-electron chi connectivity index (χ1n) is 9.71. The van der Waals surface area contributed by atoms with Gasteiger partial charge in [0.1, 0.15) is 17.8 Å². The Kier molecular flexibility index (Phi) is 5.20. The van der Waals surface area contributed by atoms with Crippen LogP contribution in [0.4, 0.5) is 33.1 Å². The van der Waals surface area contributed by atoms with Crippen molar-refractivity contribution >= 4 is 28.7 Å². The number of rotatable bonds is 4. The maximum absolute atomic E-state index is 13.2. The minimum Gasteiger partial charge on any atom is -0.393 e. The van der Waals surface area contributed by atoms with Crippen molar-refractivity contribution in [3.63, 3.8) is 0 Å². The Morgan fingerprint density at radius 1 is 0.897 bits per heavy atom. The molecule has 0 amide bonds. The van der Waals surface area contributed by atoms with Crippen LogP contribution >= 0.6 is 0 Å². The monoisotopic (exact) mass is 392 g/mol. The number of anilines is 5. The van der Waals surface area contributed by atoms with Crippen molar-refractivity contribution in [2.24, 2.45) is 0 Å². The van der Waals surface area contributed by atoms with Crippen LogP contribution in [0.15, 0.2) is 48.8 Å². The Morgan fingerprint density at radius 2 is 1.59 bits per heavy atom. The number of nitrogen functional groups attached to an aromatic ring is 1. The summed E-state index contributed by atoms with van der Waals surface area (Å²) >= 11 is 0. The van der Waals surface area contributed by atoms with Gasteiger partial charge < -0.3 is 20.9 Å². The fourth-order valence-corrected chi connectivity index (χ4v) is 3.52. The van der Waals surface area contributed by atoms with Crippen molar-refractivity contribution in [2.45, 2.75) is 13.8 Å². The van der Waals surface area contributed by atoms with E-state index in [9.17, 15) is 4.39 Å². The lowest BCUT2D eigenvalue weighted by Gasteiger charge is -2.37. The molecule has 6 nitrogen and oxygen atoms in total. The van der Waals surface area contributed by atoms with Crippen LogP contribution < -0.4 is 20.9 Å². The highest BCUT2D eigenvalue weighted by molar-refractivity contribution is 5.78. The number of benzene rings is 2. The van der Waals surface area contributed by atoms with Gasteiger partial charge in [0.15, 0.2) is 11.6 Å². The summed E-state index contributed by atoms with van der Waals surface area (Å²) in [7, 11) is 0. The average Bonchev–Trinajstić information content (AvgIpc) is 2.73. The molecule has 7 heteroatoms. The molecule has 2 heterocycles. The number of hydrogen-bond donors (Lipinski definition) is 2. The van der Waals surface area contributed by atoms with Gasteiger partial charge in [-0.05, 0) is 61.4 Å². The second-order valence-electron chi connectivity index (χ2n) is 7.33. The lowest BCUT2D eigenvalue weighted by Crippen LogP contribution is -2.47. The molecule has 1 aliphatic heterocycles. The summed E-state index contributed by atoms with van der Waals surface area (Å²) in [6.07, 6.45) is 1.54. The summed E-state index contributed by atoms with van der Waals surface area (Å²) in [5, 5.41) is 3.31. The van der Waals surface area contributed by atoms with Gasteiger partial charge in [0.05, 0.1) is 0 Å². The Balaban J connectivity index is 1.47. The van der Waals surface area contributed by atoms with Crippen LogP contribution in [0.2, 0.25) is 0 Å². The fourth-order valence-electron chi connectivity index (χ4n) is 3.52. The first-order chi connectivity index (χ1) is 14.0. The van der Waals surface area contributed by atoms with Crippen molar-refractivity contribution in [2.75, 3.05) is 47.0 Å². The van der Waals surface area contributed by atoms with Gasteiger partial charge in [-0.3, -0.25) is 0 Å². The molecule has 150 valence electrons. The number of halogens is 1. The van der Waals surface area contributed by atoms with Crippen LogP contribution in [0, 0.1) is 19.7 Å². The highest BCUT2D eigenvalue weighted by atomic mass is 19.1. The summed E-state index contributed by atoms with van der Waals surface area (Å²) in [5.74, 6) is 1.13. The first kappa shape index (κ1) is 19.0. The molecule has 3 aromatic rings. The molecule has 1 fully saturated rings. The number of nitrogens with zero attached hydrogens (tertiary/aromatic N) is 4. The molecule has 1 aromatic heterocycles. The van der Waals surface area contributed by atoms with Crippen LogP contribution in [0.25, 0.3) is 0 Å². The third-order valence-electron chi connectivity index (χ3n) is 5.40. The van der Waals surface area contributed by atoms with E-state index in [-0.39, 0.29) is 5.82 Å². The van der Waals surface area contributed by atoms with Crippen LogP contribution in [0.1, 0.15) is 11.1 Å². The smallest absolute Gasteiger partial charge is 0.159 e. The van der Waals surface area contributed by atoms with E-state index in [0.717, 1.165) is 43.4 Å². The van der Waals surface area contributed by atoms with Gasteiger partial charge >= 0.3 is 0 Å². The summed E-state index contributed by atoms with van der Waals surface area (Å²) in [6, 6.07) is 12.8. The number of nitrogens with two attached hydrogens (primary N) is 1. The molecule has 0 bridgehead atoms. The zero-order valence-corrected chi connectivity index (χ0v) is 16.7. The third-order valence-corrected chi connectivity index (χ3v) is 5.40. The van der Waals surface area contributed by atoms with Crippen molar-refractivity contribution in [3.05, 3.63) is 65.7 Å². The maximum atomic E-state index is 13.2. The van der Waals surface area contributed by atoms with Gasteiger partial charge in [0, 0.05) is 37.6 Å². The van der Waals surface area contributed by atoms with E-state index in [1.165, 1.54) is 23.3 Å². The number of aromatic nitrogens is 2. The molecule has 0 atom stereocenters. The lowest BCUT2D eigenvalue weighted by molar-refractivity contribution is 0.624. The van der Waals surface area contributed by atoms with E-state index >= 15 is 0 Å². The van der Waals surface area contributed by atoms with Crippen LogP contribution in [-0.2, 0) is 0 Å². The molecule has 0 aliphatic carbocycles. The number of piperazine rings is 1. The average molecular weight is 392 g/mol. The molecule has 0 saturated carbocycles. The number of aryl methyl sites for hydroxylation is 2. The predicted octanol–water partition coefficient (Wildman–Crippen LogP) is 3.88. The Hall–Kier alpha value is -3.35. The van der Waals surface area contributed by atoms with E-state index in [2.05, 4.69) is 51.1 Å². The van der Waals surface area contributed by atoms with Crippen molar-refractivity contribution in [3.8, 4) is 0 Å². The Bertz CT molecular complexity index is 997. The molecule has 4 rings (SSSR count). The normalized spacial score (nSPS) is 14.2. The zero-order valence-electron chi connectivity index (χ0n) is 16.7. The molecule has 2 aromatic carbocycles. The summed E-state index contributed by atoms with van der Waals surface area (Å²) in [6.45, 7) is 7.35. The largest absolute Gasteiger partial charge is 0.393 e. The molecule has 1 aliphatic rings. The quantitative estimate of drug-likeness (QED) is 0.702. The minimum atomic E-state index is -0.218. The SMILES string of the molecule is Cc1ccc(Nc2ncnc(N3CCN(c4ccc(F)cc4)CC3)c2N)cc1C. The van der Waals surface area contributed by atoms with Crippen molar-refractivity contribution in [1.29, 1.82) is 0 Å². The van der Waals surface area contributed by atoms with Crippen molar-refractivity contribution in [1.82, 2.24) is 9.97 Å². The molecule has 3 N–H and O–H groups in total. The standard InChI is InChI=1S/C22H25FN6/c1-15-3-6-18(13-16(15)2)27-21-20(24)22(26-14-25-21)29-11-9-28(10-12-29)19-7-4-17(23)5-8-19/h3-8,13-14H,9-12,24H2,1-2H3,(H,25,26,27). The first-order valence-corrected chi connectivity index (χ1v) is 9.71. The van der Waals surface area contributed by atoms with Gasteiger partial charge in [-0.2, -0.15) is 0 Å². The fraction of sp³-hybridized carbons (Fsp3) is 0.273. The van der Waals surface area contributed by atoms with Crippen LogP contribution in [0.5, 0.6) is 0 Å². The Morgan fingerprint density at radius 3 is 2.28 bits per heavy atom. The van der Waals surface area contributed by atoms with Crippen LogP contribution in [-0.4, -0.2) is 36.1 Å². The molecule has 0 unspecified atom stereocenters. The van der Waals surface area contributed by atoms with E-state index in [1.54, 1.807) is 6.33 Å². The second kappa shape index (κ2) is 7.95. The van der Waals surface area contributed by atoms with Crippen molar-refractivity contribution < 1.29 is 4.39 Å². The van der Waals surface area contributed by atoms with Gasteiger partial charge in [0.2, 0.25) is 0 Å². The molecule has 29 heavy (non-hydrogen) atoms. The second-order valence-corrected chi connectivity index (χ2v) is 7.33. The van der Waals surface area contributed by atoms with E-state index in [1.807, 2.05) is 18.2 Å². The zero-order chi connectivity index (χ0) is 20.4. The Labute approximate surface area is 170 Å².